The molecule has 0 radical (unpaired) electrons. The summed E-state index contributed by atoms with van der Waals surface area (Å²) < 4.78 is 0. The maximum absolute atomic E-state index is 12.3. The third-order valence-electron chi connectivity index (χ3n) is 5.17. The van der Waals surface area contributed by atoms with Gasteiger partial charge in [-0.25, -0.2) is 0 Å². The van der Waals surface area contributed by atoms with Crippen LogP contribution in [-0.4, -0.2) is 60.1 Å². The van der Waals surface area contributed by atoms with Gasteiger partial charge in [-0.05, 0) is 12.8 Å². The van der Waals surface area contributed by atoms with E-state index in [4.69, 9.17) is 4.84 Å². The summed E-state index contributed by atoms with van der Waals surface area (Å²) in [5.41, 5.74) is 0.590. The predicted molar refractivity (Wildman–Crippen MR) is 98.3 cm³/mol. The highest BCUT2D eigenvalue weighted by Crippen LogP contribution is 2.22. The minimum atomic E-state index is -0.346. The third-order valence-corrected chi connectivity index (χ3v) is 5.17. The normalized spacial score (nSPS) is 19.5. The molecule has 142 valence electrons. The first kappa shape index (κ1) is 19.7. The number of carbonyl (C=O) groups excluding carboxylic acids is 2. The number of piperidine rings is 1. The number of oxime groups is 1. The molecule has 1 saturated carbocycles. The van der Waals surface area contributed by atoms with Crippen molar-refractivity contribution in [3.8, 4) is 0 Å². The number of likely N-dealkylation sites (tertiary alicyclic amines) is 1. The molecular weight excluding hydrogens is 318 g/mol. The van der Waals surface area contributed by atoms with Crippen molar-refractivity contribution in [1.82, 2.24) is 9.80 Å². The van der Waals surface area contributed by atoms with E-state index in [-0.39, 0.29) is 23.8 Å². The van der Waals surface area contributed by atoms with Gasteiger partial charge in [0.25, 0.3) is 5.91 Å². The van der Waals surface area contributed by atoms with Gasteiger partial charge in [0.2, 0.25) is 5.91 Å². The Kier molecular flexibility index (Phi) is 6.85. The second-order valence-corrected chi connectivity index (χ2v) is 8.27. The minimum absolute atomic E-state index is 0.00113. The van der Waals surface area contributed by atoms with E-state index in [9.17, 15) is 9.59 Å². The van der Waals surface area contributed by atoms with E-state index in [2.05, 4.69) is 5.16 Å². The zero-order chi connectivity index (χ0) is 18.4. The molecule has 0 aromatic heterocycles. The summed E-state index contributed by atoms with van der Waals surface area (Å²) in [6.07, 6.45) is 7.30. The predicted octanol–water partition coefficient (Wildman–Crippen LogP) is 2.82. The van der Waals surface area contributed by atoms with E-state index in [0.29, 0.717) is 32.0 Å². The highest BCUT2D eigenvalue weighted by atomic mass is 16.6. The Morgan fingerprint density at radius 1 is 1.16 bits per heavy atom. The van der Waals surface area contributed by atoms with Crippen LogP contribution in [0.4, 0.5) is 0 Å². The van der Waals surface area contributed by atoms with Gasteiger partial charge in [-0.2, -0.15) is 0 Å². The van der Waals surface area contributed by atoms with Crippen molar-refractivity contribution in [2.24, 2.45) is 10.6 Å². The number of likely N-dealkylation sites (N-methyl/N-ethyl adjacent to an activating group) is 1. The topological polar surface area (TPSA) is 62.2 Å². The molecule has 1 aliphatic carbocycles. The highest BCUT2D eigenvalue weighted by Gasteiger charge is 2.29. The van der Waals surface area contributed by atoms with E-state index in [1.807, 2.05) is 37.6 Å². The molecule has 25 heavy (non-hydrogen) atoms. The lowest BCUT2D eigenvalue weighted by Gasteiger charge is -2.32. The first-order chi connectivity index (χ1) is 11.8. The monoisotopic (exact) mass is 351 g/mol. The van der Waals surface area contributed by atoms with Crippen molar-refractivity contribution in [2.45, 2.75) is 71.8 Å². The van der Waals surface area contributed by atoms with E-state index in [1.54, 1.807) is 0 Å². The standard InChI is InChI=1S/C19H33N3O3/c1-19(2,3)18(24)22-12-10-15(11-13-22)20-25-14-17(23)21(4)16-8-6-5-7-9-16/h16H,5-14H2,1-4H3. The van der Waals surface area contributed by atoms with Crippen LogP contribution < -0.4 is 0 Å². The molecular formula is C19H33N3O3. The SMILES string of the molecule is CN(C(=O)CON=C1CCN(C(=O)C(C)(C)C)CC1)C1CCCCC1. The summed E-state index contributed by atoms with van der Waals surface area (Å²) in [6.45, 7) is 7.17. The summed E-state index contributed by atoms with van der Waals surface area (Å²) in [4.78, 5) is 33.5. The van der Waals surface area contributed by atoms with Crippen LogP contribution in [0.2, 0.25) is 0 Å². The lowest BCUT2D eigenvalue weighted by atomic mass is 9.93. The molecule has 2 rings (SSSR count). The first-order valence-electron chi connectivity index (χ1n) is 9.52. The fraction of sp³-hybridized carbons (Fsp3) is 0.842. The molecule has 0 unspecified atom stereocenters. The highest BCUT2D eigenvalue weighted by molar-refractivity contribution is 5.88. The summed E-state index contributed by atoms with van der Waals surface area (Å²) in [7, 11) is 1.87. The zero-order valence-corrected chi connectivity index (χ0v) is 16.2. The third kappa shape index (κ3) is 5.72. The molecule has 0 spiro atoms. The van der Waals surface area contributed by atoms with E-state index in [1.165, 1.54) is 19.3 Å². The van der Waals surface area contributed by atoms with Crippen LogP contribution in [0.25, 0.3) is 0 Å². The van der Waals surface area contributed by atoms with Crippen molar-refractivity contribution >= 4 is 17.5 Å². The lowest BCUT2D eigenvalue weighted by molar-refractivity contribution is -0.139. The van der Waals surface area contributed by atoms with Crippen LogP contribution in [0.15, 0.2) is 5.16 Å². The van der Waals surface area contributed by atoms with Gasteiger partial charge in [0.15, 0.2) is 6.61 Å². The largest absolute Gasteiger partial charge is 0.386 e. The van der Waals surface area contributed by atoms with Crippen LogP contribution in [0.1, 0.15) is 65.7 Å². The maximum Gasteiger partial charge on any atom is 0.263 e. The molecule has 2 aliphatic rings. The molecule has 2 amide bonds. The van der Waals surface area contributed by atoms with Crippen LogP contribution in [-0.2, 0) is 14.4 Å². The van der Waals surface area contributed by atoms with Gasteiger partial charge in [-0.3, -0.25) is 9.59 Å². The first-order valence-corrected chi connectivity index (χ1v) is 9.52. The molecule has 2 fully saturated rings. The van der Waals surface area contributed by atoms with Gasteiger partial charge in [-0.1, -0.05) is 45.2 Å². The Bertz CT molecular complexity index is 495. The second kappa shape index (κ2) is 8.68. The lowest BCUT2D eigenvalue weighted by Crippen LogP contribution is -2.44. The van der Waals surface area contributed by atoms with Crippen LogP contribution in [0.3, 0.4) is 0 Å². The molecule has 1 aliphatic heterocycles. The number of hydrogen-bond acceptors (Lipinski definition) is 4. The Morgan fingerprint density at radius 2 is 1.76 bits per heavy atom. The maximum atomic E-state index is 12.3. The summed E-state index contributed by atoms with van der Waals surface area (Å²) in [5.74, 6) is 0.174. The molecule has 0 bridgehead atoms. The van der Waals surface area contributed by atoms with Gasteiger partial charge in [0, 0.05) is 44.4 Å². The summed E-state index contributed by atoms with van der Waals surface area (Å²) >= 11 is 0. The summed E-state index contributed by atoms with van der Waals surface area (Å²) in [6, 6.07) is 0.351. The molecule has 0 aromatic rings. The number of amides is 2. The molecule has 0 N–H and O–H groups in total. The number of carbonyl (C=O) groups is 2. The van der Waals surface area contributed by atoms with Crippen molar-refractivity contribution in [2.75, 3.05) is 26.7 Å². The Morgan fingerprint density at radius 3 is 2.32 bits per heavy atom. The number of rotatable bonds is 4. The zero-order valence-electron chi connectivity index (χ0n) is 16.2. The summed E-state index contributed by atoms with van der Waals surface area (Å²) in [5, 5.41) is 4.14. The number of nitrogens with zero attached hydrogens (tertiary/aromatic N) is 3. The average Bonchev–Trinajstić information content (AvgIpc) is 2.61. The van der Waals surface area contributed by atoms with Crippen LogP contribution in [0, 0.1) is 5.41 Å². The van der Waals surface area contributed by atoms with Crippen LogP contribution in [0.5, 0.6) is 0 Å². The Hall–Kier alpha value is -1.59. The molecule has 1 heterocycles. The van der Waals surface area contributed by atoms with Crippen molar-refractivity contribution in [3.63, 3.8) is 0 Å². The molecule has 6 nitrogen and oxygen atoms in total. The molecule has 6 heteroatoms. The van der Waals surface area contributed by atoms with E-state index < -0.39 is 0 Å². The van der Waals surface area contributed by atoms with Gasteiger partial charge in [0.05, 0.1) is 5.71 Å². The Balaban J connectivity index is 1.72. The molecule has 0 atom stereocenters. The van der Waals surface area contributed by atoms with Crippen LogP contribution >= 0.6 is 0 Å². The average molecular weight is 351 g/mol. The minimum Gasteiger partial charge on any atom is -0.386 e. The molecule has 1 saturated heterocycles. The van der Waals surface area contributed by atoms with Gasteiger partial charge in [-0.15, -0.1) is 0 Å². The second-order valence-electron chi connectivity index (χ2n) is 8.27. The Labute approximate surface area is 151 Å². The smallest absolute Gasteiger partial charge is 0.263 e. The van der Waals surface area contributed by atoms with Gasteiger partial charge >= 0.3 is 0 Å². The quantitative estimate of drug-likeness (QED) is 0.732. The molecule has 0 aromatic carbocycles. The van der Waals surface area contributed by atoms with E-state index in [0.717, 1.165) is 18.6 Å². The number of hydrogen-bond donors (Lipinski definition) is 0. The van der Waals surface area contributed by atoms with Crippen molar-refractivity contribution in [1.29, 1.82) is 0 Å². The van der Waals surface area contributed by atoms with E-state index >= 15 is 0 Å². The van der Waals surface area contributed by atoms with Gasteiger partial charge in [0.1, 0.15) is 0 Å². The van der Waals surface area contributed by atoms with Crippen molar-refractivity contribution in [3.05, 3.63) is 0 Å². The van der Waals surface area contributed by atoms with Crippen molar-refractivity contribution < 1.29 is 14.4 Å². The fourth-order valence-corrected chi connectivity index (χ4v) is 3.49. The fourth-order valence-electron chi connectivity index (χ4n) is 3.49. The van der Waals surface area contributed by atoms with Gasteiger partial charge < -0.3 is 14.6 Å².